The molecule has 0 radical (unpaired) electrons. The van der Waals surface area contributed by atoms with Crippen LogP contribution in [0.5, 0.6) is 11.5 Å². The van der Waals surface area contributed by atoms with Gasteiger partial charge in [-0.1, -0.05) is 26.8 Å². The van der Waals surface area contributed by atoms with Crippen molar-refractivity contribution in [3.05, 3.63) is 23.3 Å². The van der Waals surface area contributed by atoms with Crippen LogP contribution in [-0.2, 0) is 10.2 Å². The third-order valence-corrected chi connectivity index (χ3v) is 12.5. The molecule has 2 bridgehead atoms. The average Bonchev–Trinajstić information content (AvgIpc) is 3.62. The van der Waals surface area contributed by atoms with Gasteiger partial charge < -0.3 is 24.6 Å². The summed E-state index contributed by atoms with van der Waals surface area (Å²) in [6, 6.07) is 4.27. The standard InChI is InChI=1S/C32H49NO4/c1-19-9-12-23(34)27-25(19)31-15-16-33(18-21-10-11-21)20(2)26(31)22-13-14-32(36-8,30(31,7)37-27)24(17-22)29(6,35)28(3,4)5/h9,12,20-22,24,26,34-35H,10-11,13-18H2,1-8H3/t20-,22+,24-,26?,29?,30+,31-,32?/m1/s1. The van der Waals surface area contributed by atoms with E-state index in [9.17, 15) is 10.2 Å². The van der Waals surface area contributed by atoms with E-state index in [-0.39, 0.29) is 22.5 Å². The van der Waals surface area contributed by atoms with Crippen LogP contribution < -0.4 is 4.74 Å². The molecule has 0 aromatic heterocycles. The van der Waals surface area contributed by atoms with Crippen LogP contribution in [-0.4, -0.2) is 58.2 Å². The van der Waals surface area contributed by atoms with Gasteiger partial charge in [0.1, 0.15) is 11.2 Å². The summed E-state index contributed by atoms with van der Waals surface area (Å²) >= 11 is 0. The number of fused-ring (bicyclic) bond motifs is 3. The molecule has 5 fully saturated rings. The molecule has 6 aliphatic rings. The second kappa shape index (κ2) is 7.88. The molecule has 8 atom stereocenters. The van der Waals surface area contributed by atoms with Crippen LogP contribution in [0.1, 0.15) is 91.2 Å². The molecule has 1 aromatic carbocycles. The van der Waals surface area contributed by atoms with Crippen molar-refractivity contribution in [2.24, 2.45) is 29.1 Å². The van der Waals surface area contributed by atoms with Gasteiger partial charge in [-0.3, -0.25) is 0 Å². The number of rotatable bonds is 4. The summed E-state index contributed by atoms with van der Waals surface area (Å²) in [5, 5.41) is 23.5. The van der Waals surface area contributed by atoms with Gasteiger partial charge in [-0.05, 0) is 108 Å². The zero-order valence-corrected chi connectivity index (χ0v) is 24.4. The van der Waals surface area contributed by atoms with Gasteiger partial charge >= 0.3 is 0 Å². The summed E-state index contributed by atoms with van der Waals surface area (Å²) in [4.78, 5) is 2.76. The molecule has 2 aliphatic heterocycles. The molecule has 5 heteroatoms. The number of methoxy groups -OCH3 is 1. The predicted molar refractivity (Wildman–Crippen MR) is 146 cm³/mol. The topological polar surface area (TPSA) is 62.2 Å². The summed E-state index contributed by atoms with van der Waals surface area (Å²) in [7, 11) is 1.84. The first-order valence-electron chi connectivity index (χ1n) is 14.8. The van der Waals surface area contributed by atoms with Gasteiger partial charge in [0.15, 0.2) is 11.5 Å². The average molecular weight is 512 g/mol. The highest BCUT2D eigenvalue weighted by Gasteiger charge is 2.79. The normalized spacial score (nSPS) is 42.8. The number of ether oxygens (including phenoxy) is 2. The van der Waals surface area contributed by atoms with Gasteiger partial charge in [-0.2, -0.15) is 0 Å². The summed E-state index contributed by atoms with van der Waals surface area (Å²) in [5.41, 5.74) is -0.536. The Morgan fingerprint density at radius 1 is 1.14 bits per heavy atom. The highest BCUT2D eigenvalue weighted by molar-refractivity contribution is 5.61. The molecule has 3 unspecified atom stereocenters. The molecule has 1 spiro atoms. The number of hydrogen-bond donors (Lipinski definition) is 2. The summed E-state index contributed by atoms with van der Waals surface area (Å²) in [6.45, 7) is 17.7. The summed E-state index contributed by atoms with van der Waals surface area (Å²) < 4.78 is 14.0. The number of aromatic hydroxyl groups is 1. The number of hydrogen-bond acceptors (Lipinski definition) is 5. The van der Waals surface area contributed by atoms with Crippen LogP contribution >= 0.6 is 0 Å². The monoisotopic (exact) mass is 511 g/mol. The molecule has 2 heterocycles. The van der Waals surface area contributed by atoms with E-state index >= 15 is 0 Å². The van der Waals surface area contributed by atoms with Crippen LogP contribution in [0.3, 0.4) is 0 Å². The van der Waals surface area contributed by atoms with E-state index in [1.807, 2.05) is 14.0 Å². The fourth-order valence-corrected chi connectivity index (χ4v) is 9.92. The molecule has 206 valence electrons. The number of nitrogens with zero attached hydrogens (tertiary/aromatic N) is 1. The van der Waals surface area contributed by atoms with E-state index in [4.69, 9.17) is 9.47 Å². The molecular formula is C32H49NO4. The first-order chi connectivity index (χ1) is 17.2. The fourth-order valence-electron chi connectivity index (χ4n) is 9.92. The molecule has 4 aliphatic carbocycles. The Morgan fingerprint density at radius 3 is 2.46 bits per heavy atom. The quantitative estimate of drug-likeness (QED) is 0.533. The Labute approximate surface area is 223 Å². The first-order valence-corrected chi connectivity index (χ1v) is 14.8. The van der Waals surface area contributed by atoms with Gasteiger partial charge in [-0.15, -0.1) is 0 Å². The minimum atomic E-state index is -0.953. The van der Waals surface area contributed by atoms with Crippen molar-refractivity contribution < 1.29 is 19.7 Å². The zero-order valence-electron chi connectivity index (χ0n) is 24.4. The lowest BCUT2D eigenvalue weighted by atomic mass is 9.50. The summed E-state index contributed by atoms with van der Waals surface area (Å²) in [6.07, 6.45) is 6.62. The van der Waals surface area contributed by atoms with Gasteiger partial charge in [0.25, 0.3) is 0 Å². The lowest BCUT2D eigenvalue weighted by Crippen LogP contribution is -2.74. The van der Waals surface area contributed by atoms with Gasteiger partial charge in [0, 0.05) is 36.6 Å². The first kappa shape index (κ1) is 26.0. The zero-order chi connectivity index (χ0) is 26.8. The van der Waals surface area contributed by atoms with Crippen molar-refractivity contribution >= 4 is 0 Å². The third kappa shape index (κ3) is 3.08. The molecule has 1 saturated heterocycles. The Kier molecular flexibility index (Phi) is 5.53. The molecule has 4 saturated carbocycles. The smallest absolute Gasteiger partial charge is 0.166 e. The molecule has 37 heavy (non-hydrogen) atoms. The SMILES string of the molecule is COC12CC[C@@H](C[C@@H]1C(C)(O)C(C)(C)C)C1[C@@H](C)N(CC3CC3)CC[C@@]13c1c(C)ccc(O)c1O[C@]23C. The van der Waals surface area contributed by atoms with E-state index < -0.39 is 16.8 Å². The molecule has 2 N–H and O–H groups in total. The van der Waals surface area contributed by atoms with Crippen LogP contribution in [0.25, 0.3) is 0 Å². The maximum Gasteiger partial charge on any atom is 0.166 e. The van der Waals surface area contributed by atoms with E-state index in [1.54, 1.807) is 6.07 Å². The molecule has 1 aromatic rings. The second-order valence-electron chi connectivity index (χ2n) is 14.7. The minimum Gasteiger partial charge on any atom is -0.504 e. The molecule has 0 amide bonds. The number of aryl methyl sites for hydroxylation is 1. The van der Waals surface area contributed by atoms with Crippen LogP contribution in [0.15, 0.2) is 12.1 Å². The Morgan fingerprint density at radius 2 is 1.84 bits per heavy atom. The number of phenolic OH excluding ortho intramolecular Hbond substituents is 1. The highest BCUT2D eigenvalue weighted by atomic mass is 16.6. The van der Waals surface area contributed by atoms with Crippen LogP contribution in [0, 0.1) is 36.0 Å². The van der Waals surface area contributed by atoms with Crippen molar-refractivity contribution in [2.75, 3.05) is 20.2 Å². The molecular weight excluding hydrogens is 462 g/mol. The second-order valence-corrected chi connectivity index (χ2v) is 14.7. The lowest BCUT2D eigenvalue weighted by Gasteiger charge is -2.61. The van der Waals surface area contributed by atoms with Crippen molar-refractivity contribution in [1.82, 2.24) is 4.90 Å². The van der Waals surface area contributed by atoms with Crippen molar-refractivity contribution in [1.29, 1.82) is 0 Å². The number of piperidine rings is 1. The van der Waals surface area contributed by atoms with Gasteiger partial charge in [0.05, 0.1) is 5.60 Å². The van der Waals surface area contributed by atoms with Crippen LogP contribution in [0.4, 0.5) is 0 Å². The Bertz CT molecular complexity index is 1090. The summed E-state index contributed by atoms with van der Waals surface area (Å²) in [5.74, 6) is 2.48. The van der Waals surface area contributed by atoms with Gasteiger partial charge in [0.2, 0.25) is 0 Å². The van der Waals surface area contributed by atoms with Gasteiger partial charge in [-0.25, -0.2) is 0 Å². The Hall–Kier alpha value is -1.30. The maximum atomic E-state index is 12.4. The maximum absolute atomic E-state index is 12.4. The van der Waals surface area contributed by atoms with Crippen molar-refractivity contribution in [3.8, 4) is 11.5 Å². The lowest BCUT2D eigenvalue weighted by molar-refractivity contribution is -0.254. The van der Waals surface area contributed by atoms with Crippen molar-refractivity contribution in [3.63, 3.8) is 0 Å². The molecule has 5 nitrogen and oxygen atoms in total. The number of aliphatic hydroxyl groups is 1. The third-order valence-electron chi connectivity index (χ3n) is 12.5. The van der Waals surface area contributed by atoms with E-state index in [0.29, 0.717) is 23.6 Å². The number of benzene rings is 1. The van der Waals surface area contributed by atoms with Crippen LogP contribution in [0.2, 0.25) is 0 Å². The van der Waals surface area contributed by atoms with Crippen molar-refractivity contribution in [2.45, 2.75) is 115 Å². The Balaban J connectivity index is 1.62. The predicted octanol–water partition coefficient (Wildman–Crippen LogP) is 5.82. The minimum absolute atomic E-state index is 0.0860. The number of phenols is 1. The highest BCUT2D eigenvalue weighted by Crippen LogP contribution is 2.73. The largest absolute Gasteiger partial charge is 0.504 e. The van der Waals surface area contributed by atoms with E-state index in [1.165, 1.54) is 30.5 Å². The fraction of sp³-hybridized carbons (Fsp3) is 0.812. The number of likely N-dealkylation sites (tertiary alicyclic amines) is 1. The van der Waals surface area contributed by atoms with E-state index in [2.05, 4.69) is 52.5 Å². The van der Waals surface area contributed by atoms with E-state index in [0.717, 1.165) is 38.1 Å². The molecule has 7 rings (SSSR count).